The van der Waals surface area contributed by atoms with Crippen LogP contribution in [0.4, 0.5) is 5.69 Å². The monoisotopic (exact) mass is 293 g/mol. The maximum Gasteiger partial charge on any atom is 0.273 e. The number of carbonyl (C=O) groups is 1. The molecule has 0 unspecified atom stereocenters. The number of benzene rings is 1. The van der Waals surface area contributed by atoms with Crippen LogP contribution in [-0.2, 0) is 5.41 Å². The molecular formula is C15H23N3O3. The number of nitrogens with one attached hydrogen (secondary N) is 1. The summed E-state index contributed by atoms with van der Waals surface area (Å²) in [5, 5.41) is 14.0. The van der Waals surface area contributed by atoms with Crippen LogP contribution in [0.25, 0.3) is 0 Å². The molecule has 0 bridgehead atoms. The summed E-state index contributed by atoms with van der Waals surface area (Å²) in [6, 6.07) is 4.57. The van der Waals surface area contributed by atoms with Gasteiger partial charge in [0.15, 0.2) is 0 Å². The Bertz CT molecular complexity index is 560. The fraction of sp³-hybridized carbons (Fsp3) is 0.533. The molecule has 0 saturated heterocycles. The lowest BCUT2D eigenvalue weighted by atomic mass is 9.85. The minimum absolute atomic E-state index is 0.0410. The first-order chi connectivity index (χ1) is 9.48. The van der Waals surface area contributed by atoms with Gasteiger partial charge in [-0.15, -0.1) is 0 Å². The molecule has 0 spiro atoms. The first kappa shape index (κ1) is 17.1. The van der Waals surface area contributed by atoms with Gasteiger partial charge in [-0.3, -0.25) is 14.9 Å². The topological polar surface area (TPSA) is 98.3 Å². The standard InChI is InChI=1S/C15H23N3O3/c1-14(2,3)11-7-6-10(8-12(11)18(20)21)13(19)17-15(4,5)9-16/h6-8H,9,16H2,1-5H3,(H,17,19). The smallest absolute Gasteiger partial charge is 0.273 e. The normalized spacial score (nSPS) is 12.1. The lowest BCUT2D eigenvalue weighted by Crippen LogP contribution is -2.48. The summed E-state index contributed by atoms with van der Waals surface area (Å²) in [5.74, 6) is -0.367. The van der Waals surface area contributed by atoms with E-state index in [2.05, 4.69) is 5.32 Å². The zero-order valence-electron chi connectivity index (χ0n) is 13.2. The fourth-order valence-electron chi connectivity index (χ4n) is 1.89. The number of carbonyl (C=O) groups excluding carboxylic acids is 1. The van der Waals surface area contributed by atoms with E-state index in [-0.39, 0.29) is 29.1 Å². The van der Waals surface area contributed by atoms with Crippen molar-refractivity contribution in [2.75, 3.05) is 6.54 Å². The molecule has 116 valence electrons. The van der Waals surface area contributed by atoms with Gasteiger partial charge in [0.05, 0.1) is 4.92 Å². The van der Waals surface area contributed by atoms with E-state index < -0.39 is 10.5 Å². The van der Waals surface area contributed by atoms with Gasteiger partial charge in [-0.1, -0.05) is 26.8 Å². The maximum absolute atomic E-state index is 12.2. The van der Waals surface area contributed by atoms with Crippen LogP contribution in [0.5, 0.6) is 0 Å². The Morgan fingerprint density at radius 2 is 1.86 bits per heavy atom. The molecular weight excluding hydrogens is 270 g/mol. The molecule has 0 aliphatic heterocycles. The Labute approximate surface area is 124 Å². The Kier molecular flexibility index (Phi) is 4.73. The van der Waals surface area contributed by atoms with Gasteiger partial charge >= 0.3 is 0 Å². The van der Waals surface area contributed by atoms with Crippen LogP contribution >= 0.6 is 0 Å². The molecule has 0 fully saturated rings. The maximum atomic E-state index is 12.2. The zero-order valence-corrected chi connectivity index (χ0v) is 13.2. The molecule has 6 nitrogen and oxygen atoms in total. The third-order valence-electron chi connectivity index (χ3n) is 3.23. The number of nitrogens with two attached hydrogens (primary N) is 1. The summed E-state index contributed by atoms with van der Waals surface area (Å²) < 4.78 is 0. The molecule has 1 rings (SSSR count). The lowest BCUT2D eigenvalue weighted by Gasteiger charge is -2.24. The van der Waals surface area contributed by atoms with E-state index in [0.717, 1.165) is 0 Å². The molecule has 0 heterocycles. The average molecular weight is 293 g/mol. The van der Waals surface area contributed by atoms with Gasteiger partial charge in [-0.05, 0) is 25.3 Å². The van der Waals surface area contributed by atoms with E-state index in [1.807, 2.05) is 20.8 Å². The molecule has 0 aromatic heterocycles. The molecule has 1 amide bonds. The molecule has 0 aliphatic rings. The van der Waals surface area contributed by atoms with Crippen molar-refractivity contribution >= 4 is 11.6 Å². The van der Waals surface area contributed by atoms with Gasteiger partial charge in [-0.2, -0.15) is 0 Å². The van der Waals surface area contributed by atoms with Crippen LogP contribution in [0.2, 0.25) is 0 Å². The molecule has 1 aromatic carbocycles. The van der Waals surface area contributed by atoms with Crippen molar-refractivity contribution in [3.63, 3.8) is 0 Å². The minimum Gasteiger partial charge on any atom is -0.346 e. The van der Waals surface area contributed by atoms with E-state index in [1.54, 1.807) is 26.0 Å². The van der Waals surface area contributed by atoms with Gasteiger partial charge in [0.25, 0.3) is 11.6 Å². The lowest BCUT2D eigenvalue weighted by molar-refractivity contribution is -0.386. The SMILES string of the molecule is CC(C)(CN)NC(=O)c1ccc(C(C)(C)C)c([N+](=O)[O-])c1. The summed E-state index contributed by atoms with van der Waals surface area (Å²) >= 11 is 0. The van der Waals surface area contributed by atoms with Crippen molar-refractivity contribution in [3.8, 4) is 0 Å². The van der Waals surface area contributed by atoms with Gasteiger partial charge < -0.3 is 11.1 Å². The molecule has 3 N–H and O–H groups in total. The van der Waals surface area contributed by atoms with Gasteiger partial charge in [-0.25, -0.2) is 0 Å². The first-order valence-electron chi connectivity index (χ1n) is 6.79. The van der Waals surface area contributed by atoms with Crippen molar-refractivity contribution in [1.82, 2.24) is 5.32 Å². The second kappa shape index (κ2) is 5.81. The number of nitrogens with zero attached hydrogens (tertiary/aromatic N) is 1. The quantitative estimate of drug-likeness (QED) is 0.657. The molecule has 0 saturated carbocycles. The van der Waals surface area contributed by atoms with Crippen LogP contribution in [0, 0.1) is 10.1 Å². The number of hydrogen-bond acceptors (Lipinski definition) is 4. The Morgan fingerprint density at radius 1 is 1.29 bits per heavy atom. The third-order valence-corrected chi connectivity index (χ3v) is 3.23. The zero-order chi connectivity index (χ0) is 16.4. The summed E-state index contributed by atoms with van der Waals surface area (Å²) in [7, 11) is 0. The predicted octanol–water partition coefficient (Wildman–Crippen LogP) is 2.36. The van der Waals surface area contributed by atoms with E-state index in [1.165, 1.54) is 6.07 Å². The second-order valence-electron chi connectivity index (χ2n) is 6.78. The van der Waals surface area contributed by atoms with Crippen LogP contribution in [-0.4, -0.2) is 22.9 Å². The van der Waals surface area contributed by atoms with E-state index in [4.69, 9.17) is 5.73 Å². The number of hydrogen-bond donors (Lipinski definition) is 2. The van der Waals surface area contributed by atoms with Crippen LogP contribution in [0.3, 0.4) is 0 Å². The fourth-order valence-corrected chi connectivity index (χ4v) is 1.89. The molecule has 1 aromatic rings. The van der Waals surface area contributed by atoms with E-state index >= 15 is 0 Å². The molecule has 0 atom stereocenters. The molecule has 0 aliphatic carbocycles. The Morgan fingerprint density at radius 3 is 2.29 bits per heavy atom. The van der Waals surface area contributed by atoms with Crippen molar-refractivity contribution in [3.05, 3.63) is 39.4 Å². The highest BCUT2D eigenvalue weighted by Crippen LogP contribution is 2.31. The van der Waals surface area contributed by atoms with Gasteiger partial charge in [0, 0.05) is 29.3 Å². The minimum atomic E-state index is -0.561. The van der Waals surface area contributed by atoms with Crippen molar-refractivity contribution in [1.29, 1.82) is 0 Å². The van der Waals surface area contributed by atoms with Gasteiger partial charge in [0.1, 0.15) is 0 Å². The predicted molar refractivity (Wildman–Crippen MR) is 82.4 cm³/mol. The molecule has 6 heteroatoms. The van der Waals surface area contributed by atoms with E-state index in [9.17, 15) is 14.9 Å². The summed E-state index contributed by atoms with van der Waals surface area (Å²) in [6.07, 6.45) is 0. The number of amides is 1. The van der Waals surface area contributed by atoms with Crippen molar-refractivity contribution in [2.45, 2.75) is 45.6 Å². The number of rotatable bonds is 4. The average Bonchev–Trinajstić information content (AvgIpc) is 2.36. The number of nitro groups is 1. The van der Waals surface area contributed by atoms with Crippen LogP contribution in [0.1, 0.15) is 50.5 Å². The highest BCUT2D eigenvalue weighted by Gasteiger charge is 2.27. The van der Waals surface area contributed by atoms with E-state index in [0.29, 0.717) is 5.56 Å². The first-order valence-corrected chi connectivity index (χ1v) is 6.79. The Balaban J connectivity index is 3.21. The van der Waals surface area contributed by atoms with Gasteiger partial charge in [0.2, 0.25) is 0 Å². The molecule has 0 radical (unpaired) electrons. The second-order valence-corrected chi connectivity index (χ2v) is 6.78. The Hall–Kier alpha value is -1.95. The summed E-state index contributed by atoms with van der Waals surface area (Å²) in [5.41, 5.74) is 5.46. The third kappa shape index (κ3) is 4.26. The van der Waals surface area contributed by atoms with Crippen LogP contribution in [0.15, 0.2) is 18.2 Å². The highest BCUT2D eigenvalue weighted by atomic mass is 16.6. The largest absolute Gasteiger partial charge is 0.346 e. The number of nitro benzene ring substituents is 1. The summed E-state index contributed by atoms with van der Waals surface area (Å²) in [4.78, 5) is 23.0. The molecule has 21 heavy (non-hydrogen) atoms. The van der Waals surface area contributed by atoms with Crippen molar-refractivity contribution in [2.24, 2.45) is 5.73 Å². The highest BCUT2D eigenvalue weighted by molar-refractivity contribution is 5.95. The van der Waals surface area contributed by atoms with Crippen LogP contribution < -0.4 is 11.1 Å². The van der Waals surface area contributed by atoms with Crippen molar-refractivity contribution < 1.29 is 9.72 Å². The summed E-state index contributed by atoms with van der Waals surface area (Å²) in [6.45, 7) is 9.55.